The van der Waals surface area contributed by atoms with Crippen molar-refractivity contribution < 1.29 is 61.2 Å². The number of anilines is 3. The average molecular weight is 1920 g/mol. The standard InChI is InChI=1S/2C21H23NO3.C20H24BrN3O2S.C20H24ClN3O2S.C20H24FN3O2S/c1-21(2,3)25-20-13-18(14-6-8-15(23-4)9-7-14)22-19-12-16(24-5)10-11-17(19)20;1-21(2,3)25-20-13-18(15-8-6-7-9-19(15)24-5)22-17-12-14(23-4)10-11-16(17)20;3*1-11(2)22-19-24-14(10-27-19)13-9-16(26-20(3,4)5)12-7-8-15(25-6)17(21)18(12)23-13/h2*6-13H,1-5H3;3*7-11H,1-6H3,(H,22,24). The molecule has 29 heteroatoms. The van der Waals surface area contributed by atoms with Gasteiger partial charge in [-0.15, -0.1) is 34.0 Å². The zero-order chi connectivity index (χ0) is 95.4. The molecule has 692 valence electrons. The summed E-state index contributed by atoms with van der Waals surface area (Å²) in [6, 6.07) is 48.9. The van der Waals surface area contributed by atoms with E-state index in [1.807, 2.05) is 273 Å². The number of hydrogen-bond donors (Lipinski definition) is 3. The van der Waals surface area contributed by atoms with Gasteiger partial charge in [-0.1, -0.05) is 23.7 Å². The van der Waals surface area contributed by atoms with Gasteiger partial charge in [0.05, 0.1) is 105 Å². The van der Waals surface area contributed by atoms with Crippen LogP contribution in [-0.4, -0.2) is 136 Å². The predicted octanol–water partition coefficient (Wildman–Crippen LogP) is 27.8. The maximum atomic E-state index is 14.9. The fourth-order valence-corrected chi connectivity index (χ4v) is 16.6. The van der Waals surface area contributed by atoms with Crippen LogP contribution in [0.1, 0.15) is 145 Å². The Morgan fingerprint density at radius 1 is 0.313 bits per heavy atom. The number of rotatable bonds is 23. The second-order valence-electron chi connectivity index (χ2n) is 36.2. The molecule has 0 spiro atoms. The second kappa shape index (κ2) is 42.6. The van der Waals surface area contributed by atoms with Crippen LogP contribution in [0, 0.1) is 5.82 Å². The Morgan fingerprint density at radius 2 is 0.641 bits per heavy atom. The van der Waals surface area contributed by atoms with E-state index in [1.165, 1.54) is 18.4 Å². The topological polar surface area (TPSA) is 250 Å². The molecule has 0 radical (unpaired) electrons. The molecule has 15 rings (SSSR count). The van der Waals surface area contributed by atoms with Gasteiger partial charge in [-0.3, -0.25) is 0 Å². The van der Waals surface area contributed by atoms with E-state index >= 15 is 0 Å². The fourth-order valence-electron chi connectivity index (χ4n) is 13.2. The quantitative estimate of drug-likeness (QED) is 0.0538. The third-order valence-electron chi connectivity index (χ3n) is 18.5. The highest BCUT2D eigenvalue weighted by Crippen LogP contribution is 2.45. The van der Waals surface area contributed by atoms with Crippen molar-refractivity contribution in [1.82, 2.24) is 39.9 Å². The number of hydrogen-bond acceptors (Lipinski definition) is 26. The van der Waals surface area contributed by atoms with Crippen molar-refractivity contribution in [3.63, 3.8) is 0 Å². The molecule has 0 amide bonds. The van der Waals surface area contributed by atoms with Gasteiger partial charge in [-0.05, 0) is 258 Å². The molecule has 8 heterocycles. The highest BCUT2D eigenvalue weighted by Gasteiger charge is 2.27. The number of methoxy groups -OCH3 is 7. The van der Waals surface area contributed by atoms with Crippen molar-refractivity contribution in [1.29, 1.82) is 0 Å². The number of fused-ring (bicyclic) bond motifs is 5. The van der Waals surface area contributed by atoms with E-state index in [9.17, 15) is 4.39 Å². The minimum Gasteiger partial charge on any atom is -0.497 e. The summed E-state index contributed by atoms with van der Waals surface area (Å²) in [5.74, 6) is 7.74. The van der Waals surface area contributed by atoms with Crippen molar-refractivity contribution >= 4 is 131 Å². The SMILES string of the molecule is COc1ccc(-c2cc(OC(C)(C)C)c3ccc(OC)cc3n2)cc1.COc1ccc2c(OC(C)(C)C)cc(-c3ccccc3OC)nc2c1.COc1ccc2c(OC(C)(C)C)cc(-c3csc(NC(C)C)n3)nc2c1Br.COc1ccc2c(OC(C)(C)C)cc(-c3csc(NC(C)C)n3)nc2c1Cl.COc1ccc2c(OC(C)(C)C)cc(-c3csc(NC(C)C)n3)nc2c1F. The van der Waals surface area contributed by atoms with Crippen LogP contribution in [0.3, 0.4) is 0 Å². The van der Waals surface area contributed by atoms with Gasteiger partial charge in [-0.25, -0.2) is 44.3 Å². The van der Waals surface area contributed by atoms with Gasteiger partial charge < -0.3 is 72.8 Å². The Bertz CT molecular complexity index is 6100. The number of benzene rings is 7. The molecule has 0 saturated carbocycles. The van der Waals surface area contributed by atoms with Gasteiger partial charge in [-0.2, -0.15) is 0 Å². The van der Waals surface area contributed by atoms with E-state index in [-0.39, 0.29) is 39.7 Å². The first-order chi connectivity index (χ1) is 61.8. The number of ether oxygens (including phenoxy) is 12. The molecule has 0 bridgehead atoms. The van der Waals surface area contributed by atoms with Gasteiger partial charge in [0.1, 0.15) is 119 Å². The Kier molecular flexibility index (Phi) is 32.4. The number of nitrogens with zero attached hydrogens (tertiary/aromatic N) is 8. The zero-order valence-corrected chi connectivity index (χ0v) is 84.5. The molecule has 0 aliphatic heterocycles. The smallest absolute Gasteiger partial charge is 0.191 e. The normalized spacial score (nSPS) is 11.7. The third kappa shape index (κ3) is 26.8. The number of nitrogens with one attached hydrogen (secondary N) is 3. The van der Waals surface area contributed by atoms with Gasteiger partial charge in [0, 0.05) is 115 Å². The molecule has 0 saturated heterocycles. The fraction of sp³-hybridized carbons (Fsp3) is 0.353. The summed E-state index contributed by atoms with van der Waals surface area (Å²) in [5, 5.41) is 23.1. The van der Waals surface area contributed by atoms with E-state index < -0.39 is 11.4 Å². The van der Waals surface area contributed by atoms with E-state index in [1.54, 1.807) is 77.5 Å². The molecular formula is C102H118BrClFN11O12S3. The van der Waals surface area contributed by atoms with Gasteiger partial charge in [0.25, 0.3) is 0 Å². The summed E-state index contributed by atoms with van der Waals surface area (Å²) in [5.41, 5.74) is 9.45. The Hall–Kier alpha value is -11.8. The molecule has 131 heavy (non-hydrogen) atoms. The first-order valence-electron chi connectivity index (χ1n) is 42.7. The lowest BCUT2D eigenvalue weighted by molar-refractivity contribution is 0.132. The first-order valence-corrected chi connectivity index (χ1v) is 46.5. The summed E-state index contributed by atoms with van der Waals surface area (Å²) >= 11 is 14.8. The summed E-state index contributed by atoms with van der Waals surface area (Å²) in [6.45, 7) is 42.6. The number of pyridine rings is 5. The molecule has 7 aromatic carbocycles. The van der Waals surface area contributed by atoms with Crippen molar-refractivity contribution in [2.75, 3.05) is 65.7 Å². The monoisotopic (exact) mass is 1920 g/mol. The lowest BCUT2D eigenvalue weighted by Crippen LogP contribution is -2.23. The van der Waals surface area contributed by atoms with Gasteiger partial charge in [0.15, 0.2) is 27.0 Å². The van der Waals surface area contributed by atoms with Crippen LogP contribution in [0.25, 0.3) is 111 Å². The molecule has 15 aromatic rings. The van der Waals surface area contributed by atoms with Crippen LogP contribution >= 0.6 is 61.5 Å². The van der Waals surface area contributed by atoms with Gasteiger partial charge in [0.2, 0.25) is 0 Å². The molecule has 3 N–H and O–H groups in total. The van der Waals surface area contributed by atoms with Gasteiger partial charge >= 0.3 is 0 Å². The van der Waals surface area contributed by atoms with Crippen LogP contribution in [0.5, 0.6) is 69.0 Å². The first kappa shape index (κ1) is 99.7. The summed E-state index contributed by atoms with van der Waals surface area (Å²) in [6.07, 6.45) is 0. The van der Waals surface area contributed by atoms with Crippen LogP contribution in [0.15, 0.2) is 172 Å². The minimum atomic E-state index is -0.508. The summed E-state index contributed by atoms with van der Waals surface area (Å²) in [7, 11) is 11.3. The van der Waals surface area contributed by atoms with Crippen LogP contribution in [0.2, 0.25) is 5.02 Å². The largest absolute Gasteiger partial charge is 0.497 e. The molecular weight excluding hydrogens is 1800 g/mol. The molecule has 0 fully saturated rings. The van der Waals surface area contributed by atoms with E-state index in [2.05, 4.69) is 79.5 Å². The third-order valence-corrected chi connectivity index (χ3v) is 22.0. The average Bonchev–Trinajstić information content (AvgIpc) is 1.41. The zero-order valence-electron chi connectivity index (χ0n) is 79.7. The van der Waals surface area contributed by atoms with Crippen molar-refractivity contribution in [3.8, 4) is 126 Å². The Morgan fingerprint density at radius 3 is 1.04 bits per heavy atom. The number of para-hydroxylation sites is 1. The molecule has 0 aliphatic rings. The molecule has 0 unspecified atom stereocenters. The van der Waals surface area contributed by atoms with Crippen molar-refractivity contribution in [3.05, 3.63) is 183 Å². The van der Waals surface area contributed by atoms with Crippen LogP contribution in [0.4, 0.5) is 19.8 Å². The predicted molar refractivity (Wildman–Crippen MR) is 540 cm³/mol. The maximum Gasteiger partial charge on any atom is 0.191 e. The van der Waals surface area contributed by atoms with E-state index in [4.69, 9.17) is 88.4 Å². The minimum absolute atomic E-state index is 0.147. The molecule has 0 atom stereocenters. The Balaban J connectivity index is 0.000000158. The lowest BCUT2D eigenvalue weighted by Gasteiger charge is -2.23. The van der Waals surface area contributed by atoms with Crippen molar-refractivity contribution in [2.45, 2.75) is 192 Å². The maximum absolute atomic E-state index is 14.9. The van der Waals surface area contributed by atoms with Crippen LogP contribution < -0.4 is 72.8 Å². The summed E-state index contributed by atoms with van der Waals surface area (Å²) < 4.78 is 83.9. The highest BCUT2D eigenvalue weighted by molar-refractivity contribution is 9.10. The number of aromatic nitrogens is 8. The van der Waals surface area contributed by atoms with E-state index in [0.29, 0.717) is 56.6 Å². The number of halogens is 3. The van der Waals surface area contributed by atoms with E-state index in [0.717, 1.165) is 149 Å². The summed E-state index contributed by atoms with van der Waals surface area (Å²) in [4.78, 5) is 37.6. The number of thiazole rings is 3. The molecule has 0 aliphatic carbocycles. The molecule has 8 aromatic heterocycles. The van der Waals surface area contributed by atoms with Crippen molar-refractivity contribution in [2.24, 2.45) is 0 Å². The Labute approximate surface area is 793 Å². The lowest BCUT2D eigenvalue weighted by atomic mass is 10.1. The molecule has 23 nitrogen and oxygen atoms in total. The highest BCUT2D eigenvalue weighted by atomic mass is 79.9. The van der Waals surface area contributed by atoms with Crippen LogP contribution in [-0.2, 0) is 0 Å². The second-order valence-corrected chi connectivity index (χ2v) is 40.0.